The van der Waals surface area contributed by atoms with Gasteiger partial charge >= 0.3 is 33.0 Å². The molecule has 0 aromatic carbocycles. The van der Waals surface area contributed by atoms with Crippen molar-refractivity contribution in [2.24, 2.45) is 7.05 Å². The van der Waals surface area contributed by atoms with Gasteiger partial charge in [-0.05, 0) is 5.75 Å². The molecule has 2 nitrogen and oxygen atoms in total. The van der Waals surface area contributed by atoms with Gasteiger partial charge in [0, 0.05) is 0 Å². The van der Waals surface area contributed by atoms with E-state index >= 15 is 0 Å². The van der Waals surface area contributed by atoms with E-state index in [1.807, 2.05) is 18.8 Å². The minimum absolute atomic E-state index is 1.07. The molecule has 10 heteroatoms. The van der Waals surface area contributed by atoms with Crippen molar-refractivity contribution in [3.05, 3.63) is 18.7 Å². The van der Waals surface area contributed by atoms with Gasteiger partial charge < -0.3 is 0 Å². The topological polar surface area (TPSA) is 8.81 Å². The third-order valence-electron chi connectivity index (χ3n) is 1.27. The Kier molecular flexibility index (Phi) is 4.56. The molecule has 0 unspecified atom stereocenters. The maximum atomic E-state index is 9.87. The van der Waals surface area contributed by atoms with E-state index in [9.17, 15) is 25.2 Å². The fourth-order valence-electron chi connectivity index (χ4n) is 0.775. The molecule has 1 heterocycles. The van der Waals surface area contributed by atoms with E-state index < -0.39 is 7.81 Å². The number of halogens is 6. The number of hydrogen-bond acceptors (Lipinski definition) is 1. The van der Waals surface area contributed by atoms with E-state index in [0.717, 1.165) is 5.88 Å². The van der Waals surface area contributed by atoms with E-state index in [0.29, 0.717) is 0 Å². The number of hydrogen-bond donors (Lipinski definition) is 0. The van der Waals surface area contributed by atoms with Gasteiger partial charge in [-0.25, -0.2) is 9.13 Å². The Labute approximate surface area is 98.9 Å². The summed E-state index contributed by atoms with van der Waals surface area (Å²) in [5.74, 6) is 2.25. The fraction of sp³-hybridized carbons (Fsp3) is 0.571. The van der Waals surface area contributed by atoms with E-state index in [1.165, 1.54) is 5.75 Å². The third kappa shape index (κ3) is 18.1. The molecule has 0 fully saturated rings. The van der Waals surface area contributed by atoms with E-state index in [1.54, 1.807) is 0 Å². The Hall–Kier alpha value is -0.430. The number of nitrogens with zero attached hydrogens (tertiary/aromatic N) is 2. The summed E-state index contributed by atoms with van der Waals surface area (Å²) in [7, 11) is -8.62. The summed E-state index contributed by atoms with van der Waals surface area (Å²) >= 11 is 1.92. The fourth-order valence-corrected chi connectivity index (χ4v) is 1.32. The van der Waals surface area contributed by atoms with Gasteiger partial charge in [0.1, 0.15) is 18.3 Å². The second-order valence-corrected chi connectivity index (χ2v) is 6.33. The summed E-state index contributed by atoms with van der Waals surface area (Å²) in [6.07, 6.45) is 6.22. The summed E-state index contributed by atoms with van der Waals surface area (Å²) in [6.45, 7) is 2.17. The van der Waals surface area contributed by atoms with Crippen molar-refractivity contribution in [2.75, 3.05) is 5.75 Å². The summed E-state index contributed by atoms with van der Waals surface area (Å²) in [5.41, 5.74) is 0. The first kappa shape index (κ1) is 16.6. The zero-order valence-corrected chi connectivity index (χ0v) is 10.9. The van der Waals surface area contributed by atoms with Crippen LogP contribution in [-0.4, -0.2) is 10.3 Å². The normalized spacial score (nSPS) is 15.5. The third-order valence-corrected chi connectivity index (χ3v) is 2.16. The summed E-state index contributed by atoms with van der Waals surface area (Å²) in [4.78, 5) is 0. The van der Waals surface area contributed by atoms with Crippen LogP contribution in [0.1, 0.15) is 6.92 Å². The van der Waals surface area contributed by atoms with E-state index in [4.69, 9.17) is 0 Å². The number of rotatable bonds is 3. The van der Waals surface area contributed by atoms with Crippen molar-refractivity contribution in [1.29, 1.82) is 0 Å². The van der Waals surface area contributed by atoms with Crippen LogP contribution < -0.4 is 4.57 Å². The summed E-state index contributed by atoms with van der Waals surface area (Å²) in [6, 6.07) is 0. The molecule has 0 aliphatic heterocycles. The van der Waals surface area contributed by atoms with Crippen molar-refractivity contribution in [2.45, 2.75) is 12.8 Å². The second kappa shape index (κ2) is 4.68. The van der Waals surface area contributed by atoms with Crippen molar-refractivity contribution in [3.63, 3.8) is 0 Å². The standard InChI is InChI=1S/C7H13N2S.F6P/c1-3-10-7-9-5-4-8(2)6-9;1-7(2,3,4,5)6/h4-6H,3,7H2,1-2H3;/q+1;-1. The van der Waals surface area contributed by atoms with Crippen LogP contribution >= 0.6 is 19.6 Å². The van der Waals surface area contributed by atoms with E-state index in [-0.39, 0.29) is 0 Å². The molecule has 0 N–H and O–H groups in total. The molecule has 0 aliphatic rings. The molecule has 0 saturated heterocycles. The molecule has 0 saturated carbocycles. The molecule has 0 spiro atoms. The minimum atomic E-state index is -10.7. The van der Waals surface area contributed by atoms with Crippen molar-refractivity contribution >= 4 is 19.6 Å². The SMILES string of the molecule is CCSC[n+]1ccn(C)c1.F[P-](F)(F)(F)(F)F. The van der Waals surface area contributed by atoms with Crippen LogP contribution in [0.3, 0.4) is 0 Å². The van der Waals surface area contributed by atoms with Crippen LogP contribution in [0.5, 0.6) is 0 Å². The van der Waals surface area contributed by atoms with Crippen LogP contribution in [0.4, 0.5) is 25.2 Å². The Morgan fingerprint density at radius 2 is 1.65 bits per heavy atom. The molecule has 0 aliphatic carbocycles. The van der Waals surface area contributed by atoms with Gasteiger partial charge in [-0.3, -0.25) is 0 Å². The predicted molar refractivity (Wildman–Crippen MR) is 57.3 cm³/mol. The van der Waals surface area contributed by atoms with Crippen molar-refractivity contribution < 1.29 is 29.7 Å². The van der Waals surface area contributed by atoms with Crippen molar-refractivity contribution in [1.82, 2.24) is 4.57 Å². The average molecular weight is 302 g/mol. The van der Waals surface area contributed by atoms with Crippen LogP contribution in [-0.2, 0) is 12.9 Å². The van der Waals surface area contributed by atoms with Gasteiger partial charge in [0.2, 0.25) is 6.33 Å². The Morgan fingerprint density at radius 1 is 1.18 bits per heavy atom. The monoisotopic (exact) mass is 302 g/mol. The van der Waals surface area contributed by atoms with Crippen molar-refractivity contribution in [3.8, 4) is 0 Å². The Balaban J connectivity index is 0.000000325. The van der Waals surface area contributed by atoms with Gasteiger partial charge in [0.25, 0.3) is 0 Å². The zero-order chi connectivity index (χ0) is 13.8. The maximum absolute atomic E-state index is 10.7. The zero-order valence-electron chi connectivity index (χ0n) is 9.16. The van der Waals surface area contributed by atoms with Gasteiger partial charge in [0.05, 0.1) is 7.05 Å². The number of aromatic nitrogens is 2. The summed E-state index contributed by atoms with van der Waals surface area (Å²) in [5, 5.41) is 0. The van der Waals surface area contributed by atoms with Gasteiger partial charge in [-0.1, -0.05) is 6.92 Å². The van der Waals surface area contributed by atoms with Crippen LogP contribution in [0.25, 0.3) is 0 Å². The van der Waals surface area contributed by atoms with Gasteiger partial charge in [-0.15, -0.1) is 11.8 Å². The van der Waals surface area contributed by atoms with Crippen LogP contribution in [0, 0.1) is 0 Å². The average Bonchev–Trinajstić information content (AvgIpc) is 2.42. The van der Waals surface area contributed by atoms with Gasteiger partial charge in [-0.2, -0.15) is 0 Å². The number of thioether (sulfide) groups is 1. The molecular formula is C7H13F6N2PS. The molecule has 1 aromatic rings. The van der Waals surface area contributed by atoms with E-state index in [2.05, 4.69) is 34.8 Å². The van der Waals surface area contributed by atoms with Gasteiger partial charge in [0.15, 0.2) is 0 Å². The number of imidazole rings is 1. The molecule has 104 valence electrons. The summed E-state index contributed by atoms with van der Waals surface area (Å²) < 4.78 is 63.4. The number of aryl methyl sites for hydroxylation is 1. The first-order chi connectivity index (χ1) is 7.28. The molecule has 0 radical (unpaired) electrons. The van der Waals surface area contributed by atoms with Crippen LogP contribution in [0.15, 0.2) is 18.7 Å². The molecular weight excluding hydrogens is 289 g/mol. The second-order valence-electron chi connectivity index (χ2n) is 3.17. The Bertz CT molecular complexity index is 347. The molecule has 0 amide bonds. The molecule has 1 aromatic heterocycles. The molecule has 1 rings (SSSR count). The molecule has 17 heavy (non-hydrogen) atoms. The molecule has 0 bridgehead atoms. The Morgan fingerprint density at radius 3 is 1.94 bits per heavy atom. The first-order valence-corrected chi connectivity index (χ1v) is 7.61. The quantitative estimate of drug-likeness (QED) is 0.456. The molecule has 0 atom stereocenters. The predicted octanol–water partition coefficient (Wildman–Crippen LogP) is 4.41. The first-order valence-electron chi connectivity index (χ1n) is 4.43. The van der Waals surface area contributed by atoms with Crippen LogP contribution in [0.2, 0.25) is 0 Å².